The second-order valence-electron chi connectivity index (χ2n) is 2.41. The van der Waals surface area contributed by atoms with Gasteiger partial charge in [-0.3, -0.25) is 4.99 Å². The molecule has 0 aromatic rings. The van der Waals surface area contributed by atoms with Crippen molar-refractivity contribution in [1.29, 1.82) is 0 Å². The van der Waals surface area contributed by atoms with Gasteiger partial charge in [0.15, 0.2) is 5.96 Å². The van der Waals surface area contributed by atoms with Crippen LogP contribution in [0.2, 0.25) is 0 Å². The number of aliphatic imine (C=N–C) groups is 1. The Balaban J connectivity index is 3.87. The number of hydrogen-bond acceptors (Lipinski definition) is 2. The van der Waals surface area contributed by atoms with Crippen LogP contribution in [0.1, 0.15) is 13.8 Å². The van der Waals surface area contributed by atoms with Crippen LogP contribution in [0.5, 0.6) is 0 Å². The highest BCUT2D eigenvalue weighted by Crippen LogP contribution is 1.87. The fourth-order valence-electron chi connectivity index (χ4n) is 0.898. The summed E-state index contributed by atoms with van der Waals surface area (Å²) in [5, 5.41) is 0. The Kier molecular flexibility index (Phi) is 6.47. The van der Waals surface area contributed by atoms with Crippen molar-refractivity contribution in [1.82, 2.24) is 4.90 Å². The van der Waals surface area contributed by atoms with Gasteiger partial charge in [-0.15, -0.1) is 0 Å². The molecule has 12 heavy (non-hydrogen) atoms. The molecule has 0 bridgehead atoms. The summed E-state index contributed by atoms with van der Waals surface area (Å²) in [5.74, 6) is 0.608. The van der Waals surface area contributed by atoms with E-state index in [1.54, 1.807) is 7.11 Å². The van der Waals surface area contributed by atoms with Gasteiger partial charge in [-0.05, 0) is 13.8 Å². The summed E-state index contributed by atoms with van der Waals surface area (Å²) in [5.41, 5.74) is 5.70. The van der Waals surface area contributed by atoms with Gasteiger partial charge >= 0.3 is 0 Å². The summed E-state index contributed by atoms with van der Waals surface area (Å²) >= 11 is 0. The second kappa shape index (κ2) is 6.91. The average molecular weight is 173 g/mol. The number of likely N-dealkylation sites (N-methyl/N-ethyl adjacent to an activating group) is 1. The predicted molar refractivity (Wildman–Crippen MR) is 51.3 cm³/mol. The van der Waals surface area contributed by atoms with Crippen molar-refractivity contribution < 1.29 is 4.74 Å². The van der Waals surface area contributed by atoms with Crippen molar-refractivity contribution in [3.63, 3.8) is 0 Å². The highest BCUT2D eigenvalue weighted by molar-refractivity contribution is 5.77. The van der Waals surface area contributed by atoms with Crippen LogP contribution in [0.3, 0.4) is 0 Å². The van der Waals surface area contributed by atoms with E-state index in [0.29, 0.717) is 12.6 Å². The number of hydrogen-bond donors (Lipinski definition) is 1. The van der Waals surface area contributed by atoms with Crippen LogP contribution >= 0.6 is 0 Å². The summed E-state index contributed by atoms with van der Waals surface area (Å²) in [6, 6.07) is 0. The van der Waals surface area contributed by atoms with E-state index in [0.717, 1.165) is 19.6 Å². The van der Waals surface area contributed by atoms with Gasteiger partial charge in [0, 0.05) is 26.7 Å². The topological polar surface area (TPSA) is 50.8 Å². The number of guanidine groups is 1. The summed E-state index contributed by atoms with van der Waals surface area (Å²) in [4.78, 5) is 6.11. The third kappa shape index (κ3) is 4.18. The molecule has 0 amide bonds. The molecule has 4 nitrogen and oxygen atoms in total. The summed E-state index contributed by atoms with van der Waals surface area (Å²) in [6.07, 6.45) is 0. The van der Waals surface area contributed by atoms with Gasteiger partial charge < -0.3 is 15.4 Å². The van der Waals surface area contributed by atoms with Crippen molar-refractivity contribution in [3.05, 3.63) is 0 Å². The molecule has 0 aromatic carbocycles. The third-order valence-electron chi connectivity index (χ3n) is 1.59. The molecule has 0 aliphatic rings. The first-order valence-electron chi connectivity index (χ1n) is 4.30. The monoisotopic (exact) mass is 173 g/mol. The molecule has 0 saturated heterocycles. The Labute approximate surface area is 74.4 Å². The molecule has 0 atom stereocenters. The predicted octanol–water partition coefficient (Wildman–Crippen LogP) is 0.289. The quantitative estimate of drug-likeness (QED) is 0.480. The third-order valence-corrected chi connectivity index (χ3v) is 1.59. The zero-order valence-corrected chi connectivity index (χ0v) is 8.21. The maximum absolute atomic E-state index is 5.70. The van der Waals surface area contributed by atoms with Gasteiger partial charge in [0.2, 0.25) is 0 Å². The largest absolute Gasteiger partial charge is 0.383 e. The lowest BCUT2D eigenvalue weighted by molar-refractivity contribution is 0.177. The summed E-state index contributed by atoms with van der Waals surface area (Å²) in [6.45, 7) is 7.12. The molecule has 0 aliphatic carbocycles. The van der Waals surface area contributed by atoms with E-state index >= 15 is 0 Å². The van der Waals surface area contributed by atoms with Crippen LogP contribution in [0.4, 0.5) is 0 Å². The van der Waals surface area contributed by atoms with Crippen LogP contribution in [-0.4, -0.2) is 44.2 Å². The normalized spacial score (nSPS) is 11.8. The minimum atomic E-state index is 0.608. The van der Waals surface area contributed by atoms with Crippen molar-refractivity contribution in [2.45, 2.75) is 13.8 Å². The van der Waals surface area contributed by atoms with Crippen molar-refractivity contribution in [2.75, 3.05) is 33.4 Å². The first-order chi connectivity index (χ1) is 5.76. The van der Waals surface area contributed by atoms with Gasteiger partial charge in [0.1, 0.15) is 0 Å². The molecule has 0 saturated carbocycles. The van der Waals surface area contributed by atoms with Crippen molar-refractivity contribution in [2.24, 2.45) is 10.7 Å². The van der Waals surface area contributed by atoms with Crippen molar-refractivity contribution >= 4 is 5.96 Å². The minimum Gasteiger partial charge on any atom is -0.383 e. The van der Waals surface area contributed by atoms with E-state index in [-0.39, 0.29) is 0 Å². The first-order valence-corrected chi connectivity index (χ1v) is 4.30. The number of nitrogens with two attached hydrogens (primary N) is 1. The van der Waals surface area contributed by atoms with E-state index in [2.05, 4.69) is 4.99 Å². The summed E-state index contributed by atoms with van der Waals surface area (Å²) in [7, 11) is 1.68. The number of methoxy groups -OCH3 is 1. The summed E-state index contributed by atoms with van der Waals surface area (Å²) < 4.78 is 4.95. The highest BCUT2D eigenvalue weighted by Gasteiger charge is 2.02. The fraction of sp³-hybridized carbons (Fsp3) is 0.875. The standard InChI is InChI=1S/C8H19N3O/c1-4-10-8(9)11(5-2)6-7-12-3/h4-7H2,1-3H3,(H2,9,10). The molecule has 0 fully saturated rings. The van der Waals surface area contributed by atoms with E-state index in [1.807, 2.05) is 18.7 Å². The Morgan fingerprint density at radius 1 is 1.50 bits per heavy atom. The average Bonchev–Trinajstić information content (AvgIpc) is 2.06. The Morgan fingerprint density at radius 3 is 2.58 bits per heavy atom. The van der Waals surface area contributed by atoms with Crippen LogP contribution in [0.25, 0.3) is 0 Å². The molecule has 0 unspecified atom stereocenters. The van der Waals surface area contributed by atoms with E-state index in [9.17, 15) is 0 Å². The Morgan fingerprint density at radius 2 is 2.17 bits per heavy atom. The molecule has 4 heteroatoms. The second-order valence-corrected chi connectivity index (χ2v) is 2.41. The van der Waals surface area contributed by atoms with Crippen LogP contribution in [0.15, 0.2) is 4.99 Å². The van der Waals surface area contributed by atoms with Crippen LogP contribution in [0, 0.1) is 0 Å². The van der Waals surface area contributed by atoms with Gasteiger partial charge in [-0.2, -0.15) is 0 Å². The molecule has 0 aliphatic heterocycles. The number of nitrogens with zero attached hydrogens (tertiary/aromatic N) is 2. The van der Waals surface area contributed by atoms with Gasteiger partial charge in [-0.1, -0.05) is 0 Å². The molecule has 0 rings (SSSR count). The molecular weight excluding hydrogens is 154 g/mol. The molecule has 0 spiro atoms. The molecule has 0 radical (unpaired) electrons. The maximum atomic E-state index is 5.70. The molecule has 0 aromatic heterocycles. The lowest BCUT2D eigenvalue weighted by atomic mass is 10.5. The Hall–Kier alpha value is -0.770. The zero-order chi connectivity index (χ0) is 9.40. The molecule has 72 valence electrons. The highest BCUT2D eigenvalue weighted by atomic mass is 16.5. The van der Waals surface area contributed by atoms with Gasteiger partial charge in [0.05, 0.1) is 6.61 Å². The minimum absolute atomic E-state index is 0.608. The zero-order valence-electron chi connectivity index (χ0n) is 8.21. The molecular formula is C8H19N3O. The van der Waals surface area contributed by atoms with Crippen LogP contribution < -0.4 is 5.73 Å². The van der Waals surface area contributed by atoms with E-state index in [4.69, 9.17) is 10.5 Å². The lowest BCUT2D eigenvalue weighted by Crippen LogP contribution is -2.39. The van der Waals surface area contributed by atoms with Crippen LogP contribution in [-0.2, 0) is 4.74 Å². The van der Waals surface area contributed by atoms with Gasteiger partial charge in [-0.25, -0.2) is 0 Å². The molecule has 2 N–H and O–H groups in total. The van der Waals surface area contributed by atoms with E-state index < -0.39 is 0 Å². The smallest absolute Gasteiger partial charge is 0.191 e. The number of ether oxygens (including phenoxy) is 1. The number of rotatable bonds is 5. The van der Waals surface area contributed by atoms with E-state index in [1.165, 1.54) is 0 Å². The first kappa shape index (κ1) is 11.2. The van der Waals surface area contributed by atoms with Gasteiger partial charge in [0.25, 0.3) is 0 Å². The maximum Gasteiger partial charge on any atom is 0.191 e. The Bertz CT molecular complexity index is 136. The fourth-order valence-corrected chi connectivity index (χ4v) is 0.898. The molecule has 0 heterocycles. The lowest BCUT2D eigenvalue weighted by Gasteiger charge is -2.20. The SMILES string of the molecule is CCN=C(N)N(CC)CCOC. The van der Waals surface area contributed by atoms with Crippen molar-refractivity contribution in [3.8, 4) is 0 Å².